The molecule has 1 saturated heterocycles. The first-order chi connectivity index (χ1) is 22.2. The summed E-state index contributed by atoms with van der Waals surface area (Å²) in [6, 6.07) is 14.0. The van der Waals surface area contributed by atoms with Crippen molar-refractivity contribution >= 4 is 11.7 Å². The van der Waals surface area contributed by atoms with Gasteiger partial charge in [-0.1, -0.05) is 36.4 Å². The van der Waals surface area contributed by atoms with Crippen molar-refractivity contribution in [1.29, 1.82) is 0 Å². The predicted molar refractivity (Wildman–Crippen MR) is 185 cm³/mol. The second-order valence-corrected chi connectivity index (χ2v) is 14.7. The first kappa shape index (κ1) is 35.0. The van der Waals surface area contributed by atoms with Crippen LogP contribution in [0.25, 0.3) is 11.1 Å². The fourth-order valence-electron chi connectivity index (χ4n) is 7.01. The number of anilines is 1. The number of pyridine rings is 1. The van der Waals surface area contributed by atoms with Crippen LogP contribution in [0.3, 0.4) is 0 Å². The summed E-state index contributed by atoms with van der Waals surface area (Å²) in [4.78, 5) is 22.6. The molecular weight excluding hydrogens is 593 g/mol. The van der Waals surface area contributed by atoms with Gasteiger partial charge >= 0.3 is 5.97 Å². The Morgan fingerprint density at radius 2 is 1.72 bits per heavy atom. The topological polar surface area (TPSA) is 75.1 Å². The lowest BCUT2D eigenvalue weighted by molar-refractivity contribution is -0.160. The van der Waals surface area contributed by atoms with Crippen LogP contribution in [0.15, 0.2) is 42.5 Å². The van der Waals surface area contributed by atoms with Gasteiger partial charge in [0.25, 0.3) is 0 Å². The fourth-order valence-corrected chi connectivity index (χ4v) is 7.01. The van der Waals surface area contributed by atoms with Crippen molar-refractivity contribution in [2.24, 2.45) is 0 Å². The fraction of sp³-hybridized carbons (Fsp3) is 0.538. The van der Waals surface area contributed by atoms with Crippen LogP contribution in [0.4, 0.5) is 10.1 Å². The Balaban J connectivity index is 1.59. The lowest BCUT2D eigenvalue weighted by Crippen LogP contribution is -2.45. The molecule has 254 valence electrons. The summed E-state index contributed by atoms with van der Waals surface area (Å²) in [5, 5.41) is 10.5. The summed E-state index contributed by atoms with van der Waals surface area (Å²) in [7, 11) is 0. The standard InChI is InChI=1S/C39H52FN3O4/c1-26-23-30(13-16-32(26)40)25-42-19-9-8-10-22-46-39(7)17-20-43(21-18-39)35-33(31-14-11-29(24-42)12-15-31)27(2)41-28(3)34(35)36(37(44)45)47-38(4,5)6/h11-16,23,36H,8-10,17-22,24-25H2,1-7H3,(H,44,45)/t36-/m0/s1. The van der Waals surface area contributed by atoms with Crippen LogP contribution in [0.5, 0.6) is 0 Å². The molecule has 0 unspecified atom stereocenters. The third-order valence-electron chi connectivity index (χ3n) is 9.52. The van der Waals surface area contributed by atoms with E-state index in [1.165, 1.54) is 5.56 Å². The largest absolute Gasteiger partial charge is 0.479 e. The average molecular weight is 646 g/mol. The monoisotopic (exact) mass is 645 g/mol. The normalized spacial score (nSPS) is 18.4. The number of carboxylic acid groups (broad SMARTS) is 1. The van der Waals surface area contributed by atoms with Gasteiger partial charge in [-0.25, -0.2) is 9.18 Å². The van der Waals surface area contributed by atoms with E-state index in [2.05, 4.69) is 41.0 Å². The van der Waals surface area contributed by atoms with Crippen molar-refractivity contribution in [1.82, 2.24) is 9.88 Å². The van der Waals surface area contributed by atoms with Crippen molar-refractivity contribution in [2.75, 3.05) is 31.1 Å². The van der Waals surface area contributed by atoms with E-state index in [9.17, 15) is 14.3 Å². The highest BCUT2D eigenvalue weighted by Crippen LogP contribution is 2.44. The number of aliphatic carboxylic acids is 1. The highest BCUT2D eigenvalue weighted by atomic mass is 19.1. The molecule has 0 amide bonds. The summed E-state index contributed by atoms with van der Waals surface area (Å²) in [5.74, 6) is -1.20. The average Bonchev–Trinajstić information content (AvgIpc) is 2.99. The summed E-state index contributed by atoms with van der Waals surface area (Å²) < 4.78 is 26.8. The van der Waals surface area contributed by atoms with Gasteiger partial charge in [0.15, 0.2) is 6.10 Å². The highest BCUT2D eigenvalue weighted by molar-refractivity contribution is 5.88. The SMILES string of the molecule is Cc1cc(CN2CCCCCOC3(C)CCN(CC3)c3c(c(C)nc(C)c3[C@H](OC(C)(C)C)C(=O)O)-c3ccc(cc3)C2)ccc1F. The number of halogens is 1. The van der Waals surface area contributed by atoms with Gasteiger partial charge in [-0.2, -0.15) is 0 Å². The van der Waals surface area contributed by atoms with Gasteiger partial charge in [-0.05, 0) is 115 Å². The van der Waals surface area contributed by atoms with Gasteiger partial charge in [0.2, 0.25) is 0 Å². The van der Waals surface area contributed by atoms with E-state index >= 15 is 0 Å². The Morgan fingerprint density at radius 1 is 1.02 bits per heavy atom. The molecule has 1 fully saturated rings. The molecule has 0 spiro atoms. The van der Waals surface area contributed by atoms with E-state index in [4.69, 9.17) is 14.5 Å². The molecule has 3 aromatic rings. The van der Waals surface area contributed by atoms with Crippen LogP contribution in [-0.4, -0.2) is 58.4 Å². The number of benzene rings is 2. The van der Waals surface area contributed by atoms with Crippen LogP contribution in [0.2, 0.25) is 0 Å². The van der Waals surface area contributed by atoms with Gasteiger partial charge in [0.1, 0.15) is 5.82 Å². The smallest absolute Gasteiger partial charge is 0.337 e. The number of nitrogens with zero attached hydrogens (tertiary/aromatic N) is 3. The Morgan fingerprint density at radius 3 is 2.36 bits per heavy atom. The minimum absolute atomic E-state index is 0.175. The second-order valence-electron chi connectivity index (χ2n) is 14.7. The van der Waals surface area contributed by atoms with Crippen LogP contribution in [-0.2, 0) is 27.4 Å². The number of carbonyl (C=O) groups is 1. The zero-order chi connectivity index (χ0) is 33.9. The van der Waals surface area contributed by atoms with Crippen molar-refractivity contribution in [3.63, 3.8) is 0 Å². The third-order valence-corrected chi connectivity index (χ3v) is 9.52. The molecule has 4 aliphatic rings. The van der Waals surface area contributed by atoms with E-state index in [1.807, 2.05) is 53.7 Å². The maximum atomic E-state index is 14.0. The van der Waals surface area contributed by atoms with Crippen LogP contribution in [0, 0.1) is 26.6 Å². The zero-order valence-corrected chi connectivity index (χ0v) is 29.3. The van der Waals surface area contributed by atoms with Crippen LogP contribution in [0.1, 0.15) is 99.5 Å². The van der Waals surface area contributed by atoms with Crippen molar-refractivity contribution < 1.29 is 23.8 Å². The van der Waals surface area contributed by atoms with Crippen LogP contribution >= 0.6 is 0 Å². The van der Waals surface area contributed by atoms with Gasteiger partial charge < -0.3 is 19.5 Å². The summed E-state index contributed by atoms with van der Waals surface area (Å²) in [6.07, 6.45) is 3.66. The number of piperidine rings is 1. The molecule has 0 saturated carbocycles. The highest BCUT2D eigenvalue weighted by Gasteiger charge is 2.38. The summed E-state index contributed by atoms with van der Waals surface area (Å²) in [5.41, 5.74) is 7.06. The molecular formula is C39H52FN3O4. The van der Waals surface area contributed by atoms with Crippen molar-refractivity contribution in [3.8, 4) is 11.1 Å². The molecule has 1 N–H and O–H groups in total. The molecule has 1 atom stereocenters. The second kappa shape index (κ2) is 14.4. The Hall–Kier alpha value is -3.33. The van der Waals surface area contributed by atoms with Crippen LogP contribution < -0.4 is 4.90 Å². The van der Waals surface area contributed by atoms with E-state index in [0.717, 1.165) is 99.5 Å². The molecule has 4 aliphatic heterocycles. The first-order valence-corrected chi connectivity index (χ1v) is 17.1. The van der Waals surface area contributed by atoms with Gasteiger partial charge in [0.05, 0.1) is 16.9 Å². The van der Waals surface area contributed by atoms with Gasteiger partial charge in [-0.15, -0.1) is 0 Å². The molecule has 7 nitrogen and oxygen atoms in total. The first-order valence-electron chi connectivity index (χ1n) is 17.1. The number of fused-ring (bicyclic) bond motifs is 2. The maximum absolute atomic E-state index is 14.0. The number of aromatic nitrogens is 1. The quantitative estimate of drug-likeness (QED) is 0.299. The lowest BCUT2D eigenvalue weighted by atomic mass is 9.89. The summed E-state index contributed by atoms with van der Waals surface area (Å²) >= 11 is 0. The molecule has 5 heterocycles. The third kappa shape index (κ3) is 8.59. The van der Waals surface area contributed by atoms with E-state index in [-0.39, 0.29) is 11.4 Å². The van der Waals surface area contributed by atoms with Crippen molar-refractivity contribution in [2.45, 2.75) is 111 Å². The molecule has 0 radical (unpaired) electrons. The maximum Gasteiger partial charge on any atom is 0.337 e. The molecule has 4 bridgehead atoms. The van der Waals surface area contributed by atoms with Gasteiger partial charge in [0, 0.05) is 55.3 Å². The summed E-state index contributed by atoms with van der Waals surface area (Å²) in [6.45, 7) is 18.3. The predicted octanol–water partition coefficient (Wildman–Crippen LogP) is 8.32. The Kier molecular flexibility index (Phi) is 10.7. The molecule has 1 aromatic heterocycles. The van der Waals surface area contributed by atoms with Crippen molar-refractivity contribution in [3.05, 3.63) is 81.9 Å². The van der Waals surface area contributed by atoms with E-state index < -0.39 is 17.7 Å². The number of rotatable bonds is 5. The number of ether oxygens (including phenoxy) is 2. The molecule has 7 rings (SSSR count). The van der Waals surface area contributed by atoms with E-state index in [1.54, 1.807) is 6.07 Å². The molecule has 47 heavy (non-hydrogen) atoms. The Labute approximate surface area is 280 Å². The number of hydrogen-bond acceptors (Lipinski definition) is 6. The number of carboxylic acids is 1. The molecule has 8 heteroatoms. The Bertz CT molecular complexity index is 1560. The minimum Gasteiger partial charge on any atom is -0.479 e. The zero-order valence-electron chi connectivity index (χ0n) is 29.3. The minimum atomic E-state index is -1.16. The number of aryl methyl sites for hydroxylation is 3. The van der Waals surface area contributed by atoms with Gasteiger partial charge in [-0.3, -0.25) is 9.88 Å². The van der Waals surface area contributed by atoms with E-state index in [0.29, 0.717) is 16.8 Å². The molecule has 2 aromatic carbocycles. The molecule has 0 aliphatic carbocycles. The number of hydrogen-bond donors (Lipinski definition) is 1. The lowest BCUT2D eigenvalue weighted by Gasteiger charge is -2.42.